The quantitative estimate of drug-likeness (QED) is 0.748. The minimum Gasteiger partial charge on any atom is -0.451 e. The Morgan fingerprint density at radius 2 is 2.31 bits per heavy atom. The summed E-state index contributed by atoms with van der Waals surface area (Å²) >= 11 is 6.61. The van der Waals surface area contributed by atoms with E-state index in [9.17, 15) is 4.79 Å². The fourth-order valence-corrected chi connectivity index (χ4v) is 2.19. The van der Waals surface area contributed by atoms with Crippen molar-refractivity contribution in [1.29, 1.82) is 0 Å². The van der Waals surface area contributed by atoms with Crippen molar-refractivity contribution in [2.75, 3.05) is 7.11 Å². The summed E-state index contributed by atoms with van der Waals surface area (Å²) in [5.41, 5.74) is 1.52. The first-order chi connectivity index (χ1) is 6.11. The Balaban J connectivity index is 3.21. The molecule has 0 aliphatic carbocycles. The second kappa shape index (κ2) is 4.23. The Hall–Kier alpha value is -0.360. The molecule has 0 N–H and O–H groups in total. The lowest BCUT2D eigenvalue weighted by Crippen LogP contribution is -2.15. The van der Waals surface area contributed by atoms with Crippen LogP contribution in [0.3, 0.4) is 0 Å². The minimum atomic E-state index is -0.483. The molecule has 0 spiro atoms. The number of aryl methyl sites for hydroxylation is 1. The highest BCUT2D eigenvalue weighted by atomic mass is 79.9. The van der Waals surface area contributed by atoms with Crippen LogP contribution < -0.4 is 0 Å². The van der Waals surface area contributed by atoms with E-state index >= 15 is 0 Å². The van der Waals surface area contributed by atoms with E-state index in [-0.39, 0.29) is 0 Å². The molecule has 13 heavy (non-hydrogen) atoms. The Morgan fingerprint density at radius 1 is 1.69 bits per heavy atom. The number of rotatable bonds is 1. The van der Waals surface area contributed by atoms with Gasteiger partial charge in [-0.1, -0.05) is 15.9 Å². The van der Waals surface area contributed by atoms with E-state index in [0.717, 1.165) is 15.9 Å². The van der Waals surface area contributed by atoms with Crippen molar-refractivity contribution in [3.05, 3.63) is 15.9 Å². The van der Waals surface area contributed by atoms with Gasteiger partial charge in [-0.05, 0) is 22.9 Å². The van der Waals surface area contributed by atoms with E-state index in [1.807, 2.05) is 6.92 Å². The molecule has 1 rings (SSSR count). The number of carbonyl (C=O) groups excluding carboxylic acids is 1. The second-order valence-electron chi connectivity index (χ2n) is 2.36. The number of alkyl halides is 1. The average Bonchev–Trinajstić information content (AvgIpc) is 2.42. The third kappa shape index (κ3) is 1.94. The van der Waals surface area contributed by atoms with Crippen LogP contribution in [-0.4, -0.2) is 23.0 Å². The summed E-state index contributed by atoms with van der Waals surface area (Å²) in [5.74, 6) is 0. The predicted octanol–water partition coefficient (Wildman–Crippen LogP) is 2.46. The first kappa shape index (κ1) is 10.7. The Morgan fingerprint density at radius 3 is 2.77 bits per heavy atom. The molecule has 0 atom stereocenters. The van der Waals surface area contributed by atoms with Crippen molar-refractivity contribution in [3.8, 4) is 0 Å². The van der Waals surface area contributed by atoms with E-state index in [0.29, 0.717) is 5.33 Å². The molecule has 0 radical (unpaired) electrons. The van der Waals surface area contributed by atoms with Gasteiger partial charge in [0, 0.05) is 5.33 Å². The second-order valence-corrected chi connectivity index (χ2v) is 3.72. The molecule has 0 bridgehead atoms. The highest BCUT2D eigenvalue weighted by Gasteiger charge is 2.16. The van der Waals surface area contributed by atoms with E-state index in [2.05, 4.69) is 41.7 Å². The number of hydrogen-bond donors (Lipinski definition) is 0. The predicted molar refractivity (Wildman–Crippen MR) is 55.1 cm³/mol. The molecule has 0 amide bonds. The maximum Gasteiger partial charge on any atom is 0.434 e. The molecular weight excluding hydrogens is 304 g/mol. The van der Waals surface area contributed by atoms with Gasteiger partial charge < -0.3 is 4.74 Å². The maximum atomic E-state index is 11.2. The Labute approximate surface area is 92.5 Å². The van der Waals surface area contributed by atoms with E-state index in [1.165, 1.54) is 11.8 Å². The number of hydrogen-bond acceptors (Lipinski definition) is 3. The molecule has 0 aliphatic rings. The number of aromatic nitrogens is 2. The number of halogens is 2. The molecule has 1 heterocycles. The highest BCUT2D eigenvalue weighted by Crippen LogP contribution is 2.22. The van der Waals surface area contributed by atoms with Gasteiger partial charge in [0.1, 0.15) is 0 Å². The molecule has 1 aromatic heterocycles. The molecule has 0 saturated heterocycles. The zero-order chi connectivity index (χ0) is 10.0. The van der Waals surface area contributed by atoms with E-state index < -0.39 is 6.09 Å². The van der Waals surface area contributed by atoms with Crippen molar-refractivity contribution in [1.82, 2.24) is 9.78 Å². The summed E-state index contributed by atoms with van der Waals surface area (Å²) in [6, 6.07) is 0. The van der Waals surface area contributed by atoms with Gasteiger partial charge in [0.2, 0.25) is 0 Å². The lowest BCUT2D eigenvalue weighted by Gasteiger charge is -2.01. The SMILES string of the molecule is COC(=O)n1nc(C)c(Br)c1CBr. The van der Waals surface area contributed by atoms with Crippen LogP contribution in [-0.2, 0) is 10.1 Å². The van der Waals surface area contributed by atoms with Gasteiger partial charge in [0.05, 0.1) is 23.0 Å². The number of carbonyl (C=O) groups is 1. The lowest BCUT2D eigenvalue weighted by molar-refractivity contribution is 0.168. The number of nitrogens with zero attached hydrogens (tertiary/aromatic N) is 2. The summed E-state index contributed by atoms with van der Waals surface area (Å²) in [6.07, 6.45) is -0.483. The molecule has 6 heteroatoms. The van der Waals surface area contributed by atoms with Gasteiger partial charge in [-0.25, -0.2) is 4.79 Å². The summed E-state index contributed by atoms with van der Waals surface area (Å²) in [4.78, 5) is 11.2. The van der Waals surface area contributed by atoms with Gasteiger partial charge in [-0.2, -0.15) is 9.78 Å². The van der Waals surface area contributed by atoms with Crippen LogP contribution in [0.2, 0.25) is 0 Å². The third-order valence-corrected chi connectivity index (χ3v) is 3.11. The summed E-state index contributed by atoms with van der Waals surface area (Å²) in [6.45, 7) is 1.82. The smallest absolute Gasteiger partial charge is 0.434 e. The number of methoxy groups -OCH3 is 1. The summed E-state index contributed by atoms with van der Waals surface area (Å²) in [7, 11) is 1.32. The zero-order valence-corrected chi connectivity index (χ0v) is 10.3. The van der Waals surface area contributed by atoms with Crippen LogP contribution in [0, 0.1) is 6.92 Å². The standard InChI is InChI=1S/C7H8Br2N2O2/c1-4-6(9)5(3-8)11(10-4)7(12)13-2/h3H2,1-2H3. The van der Waals surface area contributed by atoms with Gasteiger partial charge in [0.25, 0.3) is 0 Å². The molecular formula is C7H8Br2N2O2. The van der Waals surface area contributed by atoms with E-state index in [1.54, 1.807) is 0 Å². The third-order valence-electron chi connectivity index (χ3n) is 1.55. The highest BCUT2D eigenvalue weighted by molar-refractivity contribution is 9.10. The molecule has 0 saturated carbocycles. The average molecular weight is 312 g/mol. The van der Waals surface area contributed by atoms with Crippen molar-refractivity contribution in [2.24, 2.45) is 0 Å². The topological polar surface area (TPSA) is 44.1 Å². The van der Waals surface area contributed by atoms with Crippen LogP contribution in [0.4, 0.5) is 4.79 Å². The van der Waals surface area contributed by atoms with E-state index in [4.69, 9.17) is 0 Å². The molecule has 0 fully saturated rings. The van der Waals surface area contributed by atoms with Crippen molar-refractivity contribution in [2.45, 2.75) is 12.3 Å². The molecule has 0 unspecified atom stereocenters. The van der Waals surface area contributed by atoms with Gasteiger partial charge in [-0.3, -0.25) is 0 Å². The van der Waals surface area contributed by atoms with Crippen molar-refractivity contribution >= 4 is 38.0 Å². The van der Waals surface area contributed by atoms with Gasteiger partial charge in [-0.15, -0.1) is 0 Å². The largest absolute Gasteiger partial charge is 0.451 e. The maximum absolute atomic E-state index is 11.2. The normalized spacial score (nSPS) is 10.2. The molecule has 0 aromatic carbocycles. The van der Waals surface area contributed by atoms with Crippen molar-refractivity contribution < 1.29 is 9.53 Å². The summed E-state index contributed by atoms with van der Waals surface area (Å²) < 4.78 is 6.63. The molecule has 0 aliphatic heterocycles. The monoisotopic (exact) mass is 310 g/mol. The van der Waals surface area contributed by atoms with Gasteiger partial charge >= 0.3 is 6.09 Å². The fourth-order valence-electron chi connectivity index (χ4n) is 0.909. The van der Waals surface area contributed by atoms with Crippen molar-refractivity contribution in [3.63, 3.8) is 0 Å². The molecule has 72 valence electrons. The fraction of sp³-hybridized carbons (Fsp3) is 0.429. The van der Waals surface area contributed by atoms with Crippen LogP contribution in [0.5, 0.6) is 0 Å². The number of ether oxygens (including phenoxy) is 1. The first-order valence-corrected chi connectivity index (χ1v) is 5.41. The van der Waals surface area contributed by atoms with Crippen LogP contribution >= 0.6 is 31.9 Å². The van der Waals surface area contributed by atoms with Crippen LogP contribution in [0.15, 0.2) is 4.47 Å². The Bertz CT molecular complexity index is 335. The lowest BCUT2D eigenvalue weighted by atomic mass is 10.4. The van der Waals surface area contributed by atoms with Gasteiger partial charge in [0.15, 0.2) is 0 Å². The first-order valence-electron chi connectivity index (χ1n) is 3.50. The van der Waals surface area contributed by atoms with Crippen LogP contribution in [0.1, 0.15) is 11.4 Å². The molecule has 1 aromatic rings. The van der Waals surface area contributed by atoms with Crippen LogP contribution in [0.25, 0.3) is 0 Å². The summed E-state index contributed by atoms with van der Waals surface area (Å²) in [5, 5.41) is 4.56. The Kier molecular flexibility index (Phi) is 3.49. The zero-order valence-electron chi connectivity index (χ0n) is 7.17. The molecule has 4 nitrogen and oxygen atoms in total. The minimum absolute atomic E-state index is 0.483.